The third-order valence-corrected chi connectivity index (χ3v) is 6.40. The Balaban J connectivity index is 1.55. The van der Waals surface area contributed by atoms with Gasteiger partial charge in [-0.15, -0.1) is 0 Å². The number of likely N-dealkylation sites (tertiary alicyclic amines) is 1. The molecule has 0 aromatic heterocycles. The van der Waals surface area contributed by atoms with Crippen LogP contribution >= 0.6 is 0 Å². The molecule has 1 aliphatic carbocycles. The Morgan fingerprint density at radius 2 is 1.79 bits per heavy atom. The number of aliphatic imine (C=N–C) groups is 1. The lowest BCUT2D eigenvalue weighted by Gasteiger charge is -2.36. The Morgan fingerprint density at radius 3 is 2.46 bits per heavy atom. The molecule has 2 heterocycles. The van der Waals surface area contributed by atoms with E-state index in [0.29, 0.717) is 11.5 Å². The molecule has 138 valence electrons. The van der Waals surface area contributed by atoms with Gasteiger partial charge in [-0.05, 0) is 45.6 Å². The molecule has 2 aliphatic heterocycles. The van der Waals surface area contributed by atoms with Gasteiger partial charge in [-0.1, -0.05) is 12.8 Å². The summed E-state index contributed by atoms with van der Waals surface area (Å²) < 4.78 is 0. The van der Waals surface area contributed by atoms with E-state index in [2.05, 4.69) is 40.9 Å². The monoisotopic (exact) mass is 335 g/mol. The number of hydrogen-bond donors (Lipinski definition) is 1. The van der Waals surface area contributed by atoms with Gasteiger partial charge in [0.1, 0.15) is 0 Å². The zero-order valence-corrected chi connectivity index (χ0v) is 16.1. The summed E-state index contributed by atoms with van der Waals surface area (Å²) in [5.74, 6) is 1.15. The summed E-state index contributed by atoms with van der Waals surface area (Å²) in [4.78, 5) is 12.6. The van der Waals surface area contributed by atoms with Gasteiger partial charge in [0.2, 0.25) is 0 Å². The van der Waals surface area contributed by atoms with E-state index in [-0.39, 0.29) is 0 Å². The fourth-order valence-corrected chi connectivity index (χ4v) is 4.67. The second kappa shape index (κ2) is 8.05. The van der Waals surface area contributed by atoms with Crippen molar-refractivity contribution in [3.63, 3.8) is 0 Å². The molecule has 1 atom stereocenters. The van der Waals surface area contributed by atoms with Crippen molar-refractivity contribution in [3.05, 3.63) is 0 Å². The number of hydrogen-bond acceptors (Lipinski definition) is 3. The van der Waals surface area contributed by atoms with E-state index >= 15 is 0 Å². The van der Waals surface area contributed by atoms with Gasteiger partial charge >= 0.3 is 0 Å². The molecular formula is C19H37N5. The van der Waals surface area contributed by atoms with Gasteiger partial charge in [0, 0.05) is 51.9 Å². The number of nitrogens with zero attached hydrogens (tertiary/aromatic N) is 4. The van der Waals surface area contributed by atoms with Crippen LogP contribution in [0.2, 0.25) is 0 Å². The average Bonchev–Trinajstić information content (AvgIpc) is 3.22. The number of nitrogens with one attached hydrogen (secondary N) is 1. The molecule has 5 nitrogen and oxygen atoms in total. The van der Waals surface area contributed by atoms with Gasteiger partial charge in [-0.3, -0.25) is 9.89 Å². The predicted octanol–water partition coefficient (Wildman–Crippen LogP) is 1.85. The van der Waals surface area contributed by atoms with Crippen molar-refractivity contribution in [1.82, 2.24) is 20.0 Å². The van der Waals surface area contributed by atoms with Crippen LogP contribution in [0, 0.1) is 5.41 Å². The van der Waals surface area contributed by atoms with E-state index in [1.807, 2.05) is 0 Å². The number of rotatable bonds is 4. The van der Waals surface area contributed by atoms with Crippen LogP contribution in [0.15, 0.2) is 4.99 Å². The molecule has 1 spiro atoms. The van der Waals surface area contributed by atoms with Crippen LogP contribution in [0.5, 0.6) is 0 Å². The molecule has 0 aromatic carbocycles. The fourth-order valence-electron chi connectivity index (χ4n) is 4.67. The van der Waals surface area contributed by atoms with Crippen LogP contribution in [-0.2, 0) is 0 Å². The quantitative estimate of drug-likeness (QED) is 0.628. The fraction of sp³-hybridized carbons (Fsp3) is 0.947. The summed E-state index contributed by atoms with van der Waals surface area (Å²) in [5.41, 5.74) is 0.610. The molecule has 2 saturated heterocycles. The first-order chi connectivity index (χ1) is 11.6. The smallest absolute Gasteiger partial charge is 0.193 e. The Kier molecular flexibility index (Phi) is 6.03. The van der Waals surface area contributed by atoms with Crippen LogP contribution < -0.4 is 5.32 Å². The molecule has 1 unspecified atom stereocenters. The van der Waals surface area contributed by atoms with Gasteiger partial charge in [0.15, 0.2) is 5.96 Å². The molecular weight excluding hydrogens is 298 g/mol. The lowest BCUT2D eigenvalue weighted by molar-refractivity contribution is 0.122. The van der Waals surface area contributed by atoms with Crippen molar-refractivity contribution in [3.8, 4) is 0 Å². The van der Waals surface area contributed by atoms with Gasteiger partial charge in [0.05, 0.1) is 6.54 Å². The van der Waals surface area contributed by atoms with Crippen LogP contribution in [0.1, 0.15) is 46.0 Å². The molecule has 1 saturated carbocycles. The number of guanidine groups is 1. The maximum atomic E-state index is 5.02. The first kappa shape index (κ1) is 18.0. The summed E-state index contributed by atoms with van der Waals surface area (Å²) >= 11 is 0. The van der Waals surface area contributed by atoms with E-state index in [9.17, 15) is 0 Å². The maximum Gasteiger partial charge on any atom is 0.193 e. The summed E-state index contributed by atoms with van der Waals surface area (Å²) in [7, 11) is 2.22. The minimum absolute atomic E-state index is 0.537. The van der Waals surface area contributed by atoms with Crippen molar-refractivity contribution in [2.45, 2.75) is 52.0 Å². The van der Waals surface area contributed by atoms with Crippen LogP contribution in [-0.4, -0.2) is 86.1 Å². The van der Waals surface area contributed by atoms with Gasteiger partial charge in [0.25, 0.3) is 0 Å². The Bertz CT molecular complexity index is 421. The lowest BCUT2D eigenvalue weighted by atomic mass is 9.86. The van der Waals surface area contributed by atoms with Crippen molar-refractivity contribution in [2.24, 2.45) is 10.4 Å². The summed E-state index contributed by atoms with van der Waals surface area (Å²) in [6, 6.07) is 0.537. The second-order valence-electron chi connectivity index (χ2n) is 8.26. The van der Waals surface area contributed by atoms with Crippen molar-refractivity contribution in [2.75, 3.05) is 59.4 Å². The Hall–Kier alpha value is -0.810. The highest BCUT2D eigenvalue weighted by Crippen LogP contribution is 2.45. The molecule has 0 bridgehead atoms. The van der Waals surface area contributed by atoms with Crippen molar-refractivity contribution < 1.29 is 0 Å². The molecule has 5 heteroatoms. The number of piperazine rings is 1. The van der Waals surface area contributed by atoms with E-state index in [0.717, 1.165) is 19.0 Å². The summed E-state index contributed by atoms with van der Waals surface area (Å²) in [6.45, 7) is 13.5. The predicted molar refractivity (Wildman–Crippen MR) is 102 cm³/mol. The standard InChI is InChI=1S/C19H37N5/c1-4-20-18(24-10-9-19(16-24)7-5-6-8-19)21-15-17(2)23-13-11-22(3)12-14-23/h17H,4-16H2,1-3H3,(H,20,21). The van der Waals surface area contributed by atoms with E-state index in [1.165, 1.54) is 71.4 Å². The zero-order chi connectivity index (χ0) is 17.0. The molecule has 3 fully saturated rings. The third-order valence-electron chi connectivity index (χ3n) is 6.40. The van der Waals surface area contributed by atoms with Crippen molar-refractivity contribution >= 4 is 5.96 Å². The minimum Gasteiger partial charge on any atom is -0.357 e. The molecule has 1 N–H and O–H groups in total. The number of likely N-dealkylation sites (N-methyl/N-ethyl adjacent to an activating group) is 1. The molecule has 3 aliphatic rings. The normalized spacial score (nSPS) is 27.1. The van der Waals surface area contributed by atoms with Crippen LogP contribution in [0.25, 0.3) is 0 Å². The van der Waals surface area contributed by atoms with Gasteiger partial charge < -0.3 is 15.1 Å². The van der Waals surface area contributed by atoms with Crippen molar-refractivity contribution in [1.29, 1.82) is 0 Å². The SMILES string of the molecule is CCNC(=NCC(C)N1CCN(C)CC1)N1CCC2(CCCC2)C1. The van der Waals surface area contributed by atoms with E-state index < -0.39 is 0 Å². The largest absolute Gasteiger partial charge is 0.357 e. The highest BCUT2D eigenvalue weighted by Gasteiger charge is 2.41. The molecule has 0 amide bonds. The average molecular weight is 336 g/mol. The maximum absolute atomic E-state index is 5.02. The van der Waals surface area contributed by atoms with Gasteiger partial charge in [-0.25, -0.2) is 0 Å². The Morgan fingerprint density at radius 1 is 1.08 bits per heavy atom. The van der Waals surface area contributed by atoms with Gasteiger partial charge in [-0.2, -0.15) is 0 Å². The first-order valence-electron chi connectivity index (χ1n) is 10.1. The van der Waals surface area contributed by atoms with E-state index in [4.69, 9.17) is 4.99 Å². The van der Waals surface area contributed by atoms with Crippen LogP contribution in [0.3, 0.4) is 0 Å². The molecule has 3 rings (SSSR count). The summed E-state index contributed by atoms with van der Waals surface area (Å²) in [6.07, 6.45) is 7.09. The molecule has 0 aromatic rings. The van der Waals surface area contributed by atoms with Crippen LogP contribution in [0.4, 0.5) is 0 Å². The lowest BCUT2D eigenvalue weighted by Crippen LogP contribution is -2.49. The second-order valence-corrected chi connectivity index (χ2v) is 8.26. The highest BCUT2D eigenvalue weighted by molar-refractivity contribution is 5.80. The molecule has 0 radical (unpaired) electrons. The highest BCUT2D eigenvalue weighted by atomic mass is 15.3. The summed E-state index contributed by atoms with van der Waals surface area (Å²) in [5, 5.41) is 3.55. The van der Waals surface area contributed by atoms with E-state index in [1.54, 1.807) is 0 Å². The minimum atomic E-state index is 0.537. The Labute approximate surface area is 148 Å². The topological polar surface area (TPSA) is 34.1 Å². The zero-order valence-electron chi connectivity index (χ0n) is 16.1. The third kappa shape index (κ3) is 4.23. The molecule has 24 heavy (non-hydrogen) atoms. The first-order valence-corrected chi connectivity index (χ1v) is 10.1.